The van der Waals surface area contributed by atoms with E-state index in [1.165, 1.54) is 43.9 Å². The molecule has 2 rings (SSSR count). The molecule has 3 nitrogen and oxygen atoms in total. The second kappa shape index (κ2) is 5.79. The van der Waals surface area contributed by atoms with Gasteiger partial charge >= 0.3 is 0 Å². The lowest BCUT2D eigenvalue weighted by Gasteiger charge is -2.34. The maximum absolute atomic E-state index is 3.66. The Hall–Kier alpha value is -0.960. The molecule has 18 heavy (non-hydrogen) atoms. The molecule has 0 aliphatic carbocycles. The summed E-state index contributed by atoms with van der Waals surface area (Å²) >= 11 is 0. The Labute approximate surface area is 111 Å². The standard InChI is InChI=1S/C15H27N3/c1-12(2)11-17-9-7-15(8-10-17)16-18-13(3)5-6-14(18)4/h5-6,12,15-16H,7-11H2,1-4H3. The SMILES string of the molecule is Cc1ccc(C)n1NC1CCN(CC(C)C)CC1. The molecule has 1 N–H and O–H groups in total. The smallest absolute Gasteiger partial charge is 0.0448 e. The fraction of sp³-hybridized carbons (Fsp3) is 0.733. The summed E-state index contributed by atoms with van der Waals surface area (Å²) in [5.74, 6) is 0.781. The molecule has 1 aliphatic rings. The van der Waals surface area contributed by atoms with Gasteiger partial charge in [0.2, 0.25) is 0 Å². The molecular formula is C15H27N3. The highest BCUT2D eigenvalue weighted by molar-refractivity contribution is 5.16. The topological polar surface area (TPSA) is 20.2 Å². The van der Waals surface area contributed by atoms with Gasteiger partial charge in [0.15, 0.2) is 0 Å². The van der Waals surface area contributed by atoms with E-state index in [0.29, 0.717) is 6.04 Å². The third-order valence-corrected chi connectivity index (χ3v) is 3.79. The molecule has 1 aromatic rings. The van der Waals surface area contributed by atoms with E-state index in [0.717, 1.165) is 5.92 Å². The molecule has 1 aromatic heterocycles. The average Bonchev–Trinajstić information content (AvgIpc) is 2.63. The fourth-order valence-electron chi connectivity index (χ4n) is 2.82. The molecule has 102 valence electrons. The van der Waals surface area contributed by atoms with Crippen LogP contribution < -0.4 is 5.43 Å². The fourth-order valence-corrected chi connectivity index (χ4v) is 2.82. The van der Waals surface area contributed by atoms with E-state index in [1.54, 1.807) is 0 Å². The third kappa shape index (κ3) is 3.29. The zero-order valence-electron chi connectivity index (χ0n) is 12.2. The van der Waals surface area contributed by atoms with Crippen LogP contribution in [0.25, 0.3) is 0 Å². The highest BCUT2D eigenvalue weighted by atomic mass is 15.4. The summed E-state index contributed by atoms with van der Waals surface area (Å²) in [6, 6.07) is 4.98. The van der Waals surface area contributed by atoms with Crippen molar-refractivity contribution in [3.63, 3.8) is 0 Å². The number of hydrogen-bond donors (Lipinski definition) is 1. The lowest BCUT2D eigenvalue weighted by Crippen LogP contribution is -2.43. The molecule has 0 spiro atoms. The molecule has 1 fully saturated rings. The number of hydrogen-bond acceptors (Lipinski definition) is 2. The van der Waals surface area contributed by atoms with Crippen LogP contribution in [0.3, 0.4) is 0 Å². The zero-order chi connectivity index (χ0) is 13.1. The molecule has 0 unspecified atom stereocenters. The minimum Gasteiger partial charge on any atom is -0.323 e. The van der Waals surface area contributed by atoms with Crippen LogP contribution in [-0.4, -0.2) is 35.3 Å². The normalized spacial score (nSPS) is 18.5. The van der Waals surface area contributed by atoms with Crippen LogP contribution in [0.4, 0.5) is 0 Å². The van der Waals surface area contributed by atoms with E-state index < -0.39 is 0 Å². The molecule has 0 aromatic carbocycles. The maximum Gasteiger partial charge on any atom is 0.0448 e. The van der Waals surface area contributed by atoms with Gasteiger partial charge in [0.25, 0.3) is 0 Å². The first-order chi connectivity index (χ1) is 8.56. The quantitative estimate of drug-likeness (QED) is 0.885. The zero-order valence-corrected chi connectivity index (χ0v) is 12.2. The second-order valence-corrected chi connectivity index (χ2v) is 6.05. The first kappa shape index (κ1) is 13.5. The van der Waals surface area contributed by atoms with Crippen molar-refractivity contribution in [2.45, 2.75) is 46.6 Å². The van der Waals surface area contributed by atoms with E-state index in [9.17, 15) is 0 Å². The summed E-state index contributed by atoms with van der Waals surface area (Å²) in [6.07, 6.45) is 2.51. The van der Waals surface area contributed by atoms with Gasteiger partial charge in [-0.2, -0.15) is 0 Å². The summed E-state index contributed by atoms with van der Waals surface area (Å²) < 4.78 is 2.24. The van der Waals surface area contributed by atoms with E-state index in [2.05, 4.69) is 54.8 Å². The van der Waals surface area contributed by atoms with Gasteiger partial charge in [-0.05, 0) is 44.7 Å². The Kier molecular flexibility index (Phi) is 4.33. The summed E-state index contributed by atoms with van der Waals surface area (Å²) in [5, 5.41) is 0. The summed E-state index contributed by atoms with van der Waals surface area (Å²) in [6.45, 7) is 12.6. The van der Waals surface area contributed by atoms with Crippen molar-refractivity contribution in [1.82, 2.24) is 9.58 Å². The van der Waals surface area contributed by atoms with Crippen molar-refractivity contribution in [2.24, 2.45) is 5.92 Å². The molecule has 2 heterocycles. The predicted octanol–water partition coefficient (Wildman–Crippen LogP) is 2.77. The van der Waals surface area contributed by atoms with Gasteiger partial charge in [0, 0.05) is 37.1 Å². The number of aryl methyl sites for hydroxylation is 2. The first-order valence-electron chi connectivity index (χ1n) is 7.20. The molecule has 1 aliphatic heterocycles. The summed E-state index contributed by atoms with van der Waals surface area (Å²) in [7, 11) is 0. The summed E-state index contributed by atoms with van der Waals surface area (Å²) in [4.78, 5) is 2.60. The van der Waals surface area contributed by atoms with Crippen molar-refractivity contribution in [3.8, 4) is 0 Å². The Bertz CT molecular complexity index is 354. The number of nitrogens with one attached hydrogen (secondary N) is 1. The van der Waals surface area contributed by atoms with Crippen LogP contribution in [0.2, 0.25) is 0 Å². The Balaban J connectivity index is 1.84. The van der Waals surface area contributed by atoms with E-state index in [1.807, 2.05) is 0 Å². The minimum absolute atomic E-state index is 0.623. The Morgan fingerprint density at radius 1 is 1.17 bits per heavy atom. The Morgan fingerprint density at radius 3 is 2.22 bits per heavy atom. The number of rotatable bonds is 4. The van der Waals surface area contributed by atoms with Gasteiger partial charge in [-0.15, -0.1) is 0 Å². The van der Waals surface area contributed by atoms with Crippen LogP contribution in [-0.2, 0) is 0 Å². The molecule has 0 saturated carbocycles. The van der Waals surface area contributed by atoms with Crippen molar-refractivity contribution in [3.05, 3.63) is 23.5 Å². The van der Waals surface area contributed by atoms with Crippen LogP contribution in [0.1, 0.15) is 38.1 Å². The third-order valence-electron chi connectivity index (χ3n) is 3.79. The van der Waals surface area contributed by atoms with E-state index in [-0.39, 0.29) is 0 Å². The summed E-state index contributed by atoms with van der Waals surface area (Å²) in [5.41, 5.74) is 6.27. The monoisotopic (exact) mass is 249 g/mol. The lowest BCUT2D eigenvalue weighted by atomic mass is 10.0. The molecule has 3 heteroatoms. The Morgan fingerprint density at radius 2 is 1.72 bits per heavy atom. The van der Waals surface area contributed by atoms with Crippen molar-refractivity contribution in [2.75, 3.05) is 25.1 Å². The van der Waals surface area contributed by atoms with Gasteiger partial charge in [0.1, 0.15) is 0 Å². The largest absolute Gasteiger partial charge is 0.323 e. The maximum atomic E-state index is 3.66. The van der Waals surface area contributed by atoms with Crippen molar-refractivity contribution in [1.29, 1.82) is 0 Å². The van der Waals surface area contributed by atoms with Gasteiger partial charge < -0.3 is 10.3 Å². The number of aromatic nitrogens is 1. The molecular weight excluding hydrogens is 222 g/mol. The van der Waals surface area contributed by atoms with Crippen LogP contribution in [0.15, 0.2) is 12.1 Å². The molecule has 1 saturated heterocycles. The van der Waals surface area contributed by atoms with Crippen LogP contribution in [0.5, 0.6) is 0 Å². The van der Waals surface area contributed by atoms with E-state index >= 15 is 0 Å². The van der Waals surface area contributed by atoms with Gasteiger partial charge in [-0.3, -0.25) is 4.68 Å². The number of likely N-dealkylation sites (tertiary alicyclic amines) is 1. The molecule has 0 bridgehead atoms. The van der Waals surface area contributed by atoms with Crippen LogP contribution in [0, 0.1) is 19.8 Å². The number of piperidine rings is 1. The van der Waals surface area contributed by atoms with Gasteiger partial charge in [-0.1, -0.05) is 13.8 Å². The van der Waals surface area contributed by atoms with E-state index in [4.69, 9.17) is 0 Å². The molecule has 0 amide bonds. The lowest BCUT2D eigenvalue weighted by molar-refractivity contribution is 0.194. The highest BCUT2D eigenvalue weighted by Gasteiger charge is 2.20. The van der Waals surface area contributed by atoms with Gasteiger partial charge in [0.05, 0.1) is 0 Å². The first-order valence-corrected chi connectivity index (χ1v) is 7.20. The van der Waals surface area contributed by atoms with Crippen molar-refractivity contribution < 1.29 is 0 Å². The predicted molar refractivity (Wildman–Crippen MR) is 77.6 cm³/mol. The molecule has 0 radical (unpaired) electrons. The molecule has 0 atom stereocenters. The minimum atomic E-state index is 0.623. The number of nitrogens with zero attached hydrogens (tertiary/aromatic N) is 2. The highest BCUT2D eigenvalue weighted by Crippen LogP contribution is 2.14. The van der Waals surface area contributed by atoms with Crippen molar-refractivity contribution >= 4 is 0 Å². The average molecular weight is 249 g/mol. The van der Waals surface area contributed by atoms with Gasteiger partial charge in [-0.25, -0.2) is 0 Å². The second-order valence-electron chi connectivity index (χ2n) is 6.05. The van der Waals surface area contributed by atoms with Crippen LogP contribution >= 0.6 is 0 Å².